The maximum absolute atomic E-state index is 12.5. The molecule has 1 N–H and O–H groups in total. The van der Waals surface area contributed by atoms with Crippen molar-refractivity contribution in [3.63, 3.8) is 0 Å². The molecule has 1 rings (SSSR count). The Hall–Kier alpha value is -0.710. The minimum atomic E-state index is -0.983. The van der Waals surface area contributed by atoms with Gasteiger partial charge >= 0.3 is 0 Å². The number of ether oxygens (including phenoxy) is 1. The molecule has 0 aliphatic heterocycles. The van der Waals surface area contributed by atoms with E-state index < -0.39 is 10.8 Å². The summed E-state index contributed by atoms with van der Waals surface area (Å²) in [6.07, 6.45) is 1.07. The predicted octanol–water partition coefficient (Wildman–Crippen LogP) is 2.43. The molecule has 0 aromatic heterocycles. The van der Waals surface area contributed by atoms with Crippen molar-refractivity contribution in [3.05, 3.63) is 29.3 Å². The second kappa shape index (κ2) is 8.46. The van der Waals surface area contributed by atoms with Crippen molar-refractivity contribution < 1.29 is 8.95 Å². The molecular weight excluding hydrogens is 258 g/mol. The van der Waals surface area contributed by atoms with Gasteiger partial charge in [-0.15, -0.1) is 0 Å². The number of hydrogen-bond acceptors (Lipinski definition) is 3. The van der Waals surface area contributed by atoms with Crippen LogP contribution in [0.1, 0.15) is 24.5 Å². The summed E-state index contributed by atoms with van der Waals surface area (Å²) in [5, 5.41) is 3.39. The van der Waals surface area contributed by atoms with E-state index in [1.54, 1.807) is 7.11 Å². The van der Waals surface area contributed by atoms with Crippen molar-refractivity contribution in [2.24, 2.45) is 0 Å². The first-order chi connectivity index (χ1) is 9.08. The van der Waals surface area contributed by atoms with E-state index in [4.69, 9.17) is 4.74 Å². The van der Waals surface area contributed by atoms with Crippen LogP contribution < -0.4 is 5.32 Å². The van der Waals surface area contributed by atoms with E-state index in [0.717, 1.165) is 29.0 Å². The number of methoxy groups -OCH3 is 1. The molecule has 0 aliphatic carbocycles. The van der Waals surface area contributed by atoms with Gasteiger partial charge in [0.15, 0.2) is 0 Å². The highest BCUT2D eigenvalue weighted by molar-refractivity contribution is 7.85. The molecule has 0 aliphatic rings. The molecule has 1 aromatic carbocycles. The van der Waals surface area contributed by atoms with Gasteiger partial charge in [-0.25, -0.2) is 0 Å². The van der Waals surface area contributed by atoms with Crippen LogP contribution in [0, 0.1) is 13.8 Å². The third kappa shape index (κ3) is 5.43. The minimum Gasteiger partial charge on any atom is -0.383 e. The lowest BCUT2D eigenvalue weighted by molar-refractivity contribution is 0.173. The zero-order valence-corrected chi connectivity index (χ0v) is 13.2. The third-order valence-electron chi connectivity index (χ3n) is 2.99. The highest BCUT2D eigenvalue weighted by Gasteiger charge is 2.15. The number of hydrogen-bond donors (Lipinski definition) is 1. The predicted molar refractivity (Wildman–Crippen MR) is 81.1 cm³/mol. The Kier molecular flexibility index (Phi) is 7.28. The standard InChI is InChI=1S/C15H25NO2S/c1-5-8-16-14(10-18-4)11-19(17)15-9-12(2)6-7-13(15)3/h6-7,9,14,16H,5,8,10-11H2,1-4H3. The van der Waals surface area contributed by atoms with Crippen molar-refractivity contribution in [1.82, 2.24) is 5.32 Å². The highest BCUT2D eigenvalue weighted by atomic mass is 32.2. The molecule has 0 bridgehead atoms. The molecule has 0 radical (unpaired) electrons. The fourth-order valence-electron chi connectivity index (χ4n) is 1.94. The molecule has 108 valence electrons. The molecule has 19 heavy (non-hydrogen) atoms. The number of benzene rings is 1. The van der Waals surface area contributed by atoms with Crippen LogP contribution in [0.2, 0.25) is 0 Å². The van der Waals surface area contributed by atoms with Crippen LogP contribution in [0.5, 0.6) is 0 Å². The van der Waals surface area contributed by atoms with E-state index in [1.807, 2.05) is 26.0 Å². The lowest BCUT2D eigenvalue weighted by Gasteiger charge is -2.18. The maximum atomic E-state index is 12.5. The van der Waals surface area contributed by atoms with Gasteiger partial charge in [-0.1, -0.05) is 19.1 Å². The summed E-state index contributed by atoms with van der Waals surface area (Å²) < 4.78 is 17.7. The molecule has 0 heterocycles. The van der Waals surface area contributed by atoms with Crippen LogP contribution in [0.15, 0.2) is 23.1 Å². The Bertz CT molecular complexity index is 421. The molecule has 2 unspecified atom stereocenters. The van der Waals surface area contributed by atoms with E-state index in [1.165, 1.54) is 0 Å². The van der Waals surface area contributed by atoms with Crippen molar-refractivity contribution in [2.45, 2.75) is 38.1 Å². The van der Waals surface area contributed by atoms with E-state index in [-0.39, 0.29) is 6.04 Å². The summed E-state index contributed by atoms with van der Waals surface area (Å²) in [5.74, 6) is 0.595. The monoisotopic (exact) mass is 283 g/mol. The average molecular weight is 283 g/mol. The molecule has 2 atom stereocenters. The second-order valence-electron chi connectivity index (χ2n) is 4.89. The summed E-state index contributed by atoms with van der Waals surface area (Å²) in [5.41, 5.74) is 2.24. The van der Waals surface area contributed by atoms with Gasteiger partial charge in [0.05, 0.1) is 17.4 Å². The third-order valence-corrected chi connectivity index (χ3v) is 4.63. The van der Waals surface area contributed by atoms with Gasteiger partial charge in [0, 0.05) is 23.8 Å². The van der Waals surface area contributed by atoms with Crippen LogP contribution in [0.25, 0.3) is 0 Å². The van der Waals surface area contributed by atoms with E-state index >= 15 is 0 Å². The first-order valence-electron chi connectivity index (χ1n) is 6.76. The lowest BCUT2D eigenvalue weighted by atomic mass is 10.2. The SMILES string of the molecule is CCCNC(COC)CS(=O)c1cc(C)ccc1C. The minimum absolute atomic E-state index is 0.144. The van der Waals surface area contributed by atoms with Crippen molar-refractivity contribution in [1.29, 1.82) is 0 Å². The summed E-state index contributed by atoms with van der Waals surface area (Å²) in [4.78, 5) is 0.944. The quantitative estimate of drug-likeness (QED) is 0.796. The average Bonchev–Trinajstić information content (AvgIpc) is 2.39. The Morgan fingerprint density at radius 1 is 1.37 bits per heavy atom. The van der Waals surface area contributed by atoms with Crippen molar-refractivity contribution in [2.75, 3.05) is 26.0 Å². The van der Waals surface area contributed by atoms with Crippen LogP contribution in [-0.2, 0) is 15.5 Å². The lowest BCUT2D eigenvalue weighted by Crippen LogP contribution is -2.38. The molecule has 0 spiro atoms. The fourth-order valence-corrected chi connectivity index (χ4v) is 3.44. The van der Waals surface area contributed by atoms with Crippen LogP contribution in [-0.4, -0.2) is 36.3 Å². The normalized spacial score (nSPS) is 14.3. The number of nitrogens with one attached hydrogen (secondary N) is 1. The largest absolute Gasteiger partial charge is 0.383 e. The van der Waals surface area contributed by atoms with Crippen LogP contribution in [0.3, 0.4) is 0 Å². The molecule has 0 fully saturated rings. The van der Waals surface area contributed by atoms with Crippen LogP contribution >= 0.6 is 0 Å². The van der Waals surface area contributed by atoms with Gasteiger partial charge in [0.2, 0.25) is 0 Å². The Labute approximate surface area is 119 Å². The maximum Gasteiger partial charge on any atom is 0.0624 e. The molecule has 1 aromatic rings. The molecule has 3 nitrogen and oxygen atoms in total. The van der Waals surface area contributed by atoms with Crippen LogP contribution in [0.4, 0.5) is 0 Å². The second-order valence-corrected chi connectivity index (χ2v) is 6.35. The molecule has 0 saturated heterocycles. The number of rotatable bonds is 8. The Morgan fingerprint density at radius 2 is 2.11 bits per heavy atom. The smallest absolute Gasteiger partial charge is 0.0624 e. The summed E-state index contributed by atoms with van der Waals surface area (Å²) in [7, 11) is 0.699. The molecular formula is C15H25NO2S. The van der Waals surface area contributed by atoms with E-state index in [9.17, 15) is 4.21 Å². The van der Waals surface area contributed by atoms with E-state index in [0.29, 0.717) is 12.4 Å². The van der Waals surface area contributed by atoms with Gasteiger partial charge < -0.3 is 10.1 Å². The van der Waals surface area contributed by atoms with Gasteiger partial charge in [0.25, 0.3) is 0 Å². The fraction of sp³-hybridized carbons (Fsp3) is 0.600. The molecule has 0 amide bonds. The summed E-state index contributed by atoms with van der Waals surface area (Å²) >= 11 is 0. The summed E-state index contributed by atoms with van der Waals surface area (Å²) in [6, 6.07) is 6.26. The molecule has 4 heteroatoms. The highest BCUT2D eigenvalue weighted by Crippen LogP contribution is 2.16. The number of aryl methyl sites for hydroxylation is 2. The van der Waals surface area contributed by atoms with Gasteiger partial charge in [-0.2, -0.15) is 0 Å². The van der Waals surface area contributed by atoms with Crippen molar-refractivity contribution in [3.8, 4) is 0 Å². The Balaban J connectivity index is 2.72. The Morgan fingerprint density at radius 3 is 2.74 bits per heavy atom. The van der Waals surface area contributed by atoms with Crippen molar-refractivity contribution >= 4 is 10.8 Å². The zero-order chi connectivity index (χ0) is 14.3. The topological polar surface area (TPSA) is 38.3 Å². The zero-order valence-electron chi connectivity index (χ0n) is 12.4. The van der Waals surface area contributed by atoms with E-state index in [2.05, 4.69) is 18.3 Å². The first-order valence-corrected chi connectivity index (χ1v) is 8.08. The summed E-state index contributed by atoms with van der Waals surface area (Å²) in [6.45, 7) is 7.69. The first kappa shape index (κ1) is 16.3. The van der Waals surface area contributed by atoms with Gasteiger partial charge in [-0.3, -0.25) is 4.21 Å². The van der Waals surface area contributed by atoms with Gasteiger partial charge in [0.1, 0.15) is 0 Å². The van der Waals surface area contributed by atoms with Gasteiger partial charge in [-0.05, 0) is 44.0 Å². The molecule has 0 saturated carbocycles.